The van der Waals surface area contributed by atoms with Gasteiger partial charge in [-0.2, -0.15) is 0 Å². The van der Waals surface area contributed by atoms with Gasteiger partial charge < -0.3 is 25.0 Å². The third kappa shape index (κ3) is 2.28. The number of halogens is 1. The number of carboxylic acids is 1. The van der Waals surface area contributed by atoms with Gasteiger partial charge in [-0.25, -0.2) is 9.18 Å². The number of benzene rings is 1. The first kappa shape index (κ1) is 15.9. The highest BCUT2D eigenvalue weighted by Crippen LogP contribution is 2.42. The SMILES string of the molecule is C[C@H]1COc2c(N3CC[C@H](N)C3)c(F)cc3c(=O)c(C(=O)O)cn1c23. The lowest BCUT2D eigenvalue weighted by Crippen LogP contribution is -2.30. The molecule has 0 bridgehead atoms. The highest BCUT2D eigenvalue weighted by atomic mass is 19.1. The molecule has 0 spiro atoms. The van der Waals surface area contributed by atoms with E-state index in [2.05, 4.69) is 0 Å². The first-order chi connectivity index (χ1) is 11.9. The zero-order valence-corrected chi connectivity index (χ0v) is 13.7. The van der Waals surface area contributed by atoms with Gasteiger partial charge in [0.1, 0.15) is 17.9 Å². The molecule has 0 saturated carbocycles. The van der Waals surface area contributed by atoms with Crippen molar-refractivity contribution in [3.05, 3.63) is 33.9 Å². The van der Waals surface area contributed by atoms with Crippen LogP contribution in [0.25, 0.3) is 10.9 Å². The lowest BCUT2D eigenvalue weighted by Gasteiger charge is -2.31. The minimum absolute atomic E-state index is 0.0196. The summed E-state index contributed by atoms with van der Waals surface area (Å²) in [6.45, 7) is 3.23. The molecular formula is C17H18FN3O4. The van der Waals surface area contributed by atoms with Crippen molar-refractivity contribution in [2.75, 3.05) is 24.6 Å². The van der Waals surface area contributed by atoms with Gasteiger partial charge in [-0.3, -0.25) is 4.79 Å². The van der Waals surface area contributed by atoms with Crippen LogP contribution < -0.4 is 20.8 Å². The Morgan fingerprint density at radius 3 is 2.88 bits per heavy atom. The average molecular weight is 347 g/mol. The smallest absolute Gasteiger partial charge is 0.341 e. The molecule has 1 aromatic heterocycles. The van der Waals surface area contributed by atoms with Gasteiger partial charge in [-0.15, -0.1) is 0 Å². The van der Waals surface area contributed by atoms with Gasteiger partial charge in [0.05, 0.1) is 16.9 Å². The molecule has 8 heteroatoms. The summed E-state index contributed by atoms with van der Waals surface area (Å²) < 4.78 is 22.3. The van der Waals surface area contributed by atoms with E-state index in [9.17, 15) is 19.1 Å². The third-order valence-electron chi connectivity index (χ3n) is 4.91. The average Bonchev–Trinajstić information content (AvgIpc) is 2.98. The number of aromatic carboxylic acids is 1. The Balaban J connectivity index is 2.07. The Morgan fingerprint density at radius 2 is 2.24 bits per heavy atom. The molecule has 3 N–H and O–H groups in total. The number of nitrogens with zero attached hydrogens (tertiary/aromatic N) is 2. The predicted octanol–water partition coefficient (Wildman–Crippen LogP) is 1.33. The number of pyridine rings is 1. The van der Waals surface area contributed by atoms with E-state index in [1.807, 2.05) is 11.8 Å². The molecule has 0 unspecified atom stereocenters. The molecule has 2 aromatic rings. The van der Waals surface area contributed by atoms with Crippen molar-refractivity contribution in [2.45, 2.75) is 25.4 Å². The number of ether oxygens (including phenoxy) is 1. The van der Waals surface area contributed by atoms with E-state index in [1.54, 1.807) is 4.57 Å². The van der Waals surface area contributed by atoms with Gasteiger partial charge in [0.15, 0.2) is 11.6 Å². The van der Waals surface area contributed by atoms with E-state index in [0.29, 0.717) is 24.3 Å². The quantitative estimate of drug-likeness (QED) is 0.851. The molecule has 3 heterocycles. The number of aromatic nitrogens is 1. The minimum atomic E-state index is -1.33. The van der Waals surface area contributed by atoms with Crippen molar-refractivity contribution in [1.82, 2.24) is 4.57 Å². The molecule has 0 radical (unpaired) electrons. The molecule has 2 aliphatic rings. The van der Waals surface area contributed by atoms with Crippen LogP contribution in [0.4, 0.5) is 10.1 Å². The van der Waals surface area contributed by atoms with Gasteiger partial charge >= 0.3 is 5.97 Å². The summed E-state index contributed by atoms with van der Waals surface area (Å²) in [7, 11) is 0. The summed E-state index contributed by atoms with van der Waals surface area (Å²) >= 11 is 0. The molecule has 25 heavy (non-hydrogen) atoms. The summed E-state index contributed by atoms with van der Waals surface area (Å²) in [5, 5.41) is 9.30. The molecule has 1 aromatic carbocycles. The van der Waals surface area contributed by atoms with Crippen molar-refractivity contribution in [2.24, 2.45) is 5.73 Å². The molecule has 0 amide bonds. The van der Waals surface area contributed by atoms with Crippen LogP contribution in [0.1, 0.15) is 29.7 Å². The molecular weight excluding hydrogens is 329 g/mol. The van der Waals surface area contributed by atoms with E-state index in [0.717, 1.165) is 12.5 Å². The lowest BCUT2D eigenvalue weighted by atomic mass is 10.1. The predicted molar refractivity (Wildman–Crippen MR) is 90.1 cm³/mol. The summed E-state index contributed by atoms with van der Waals surface area (Å²) in [5.41, 5.74) is 5.59. The largest absolute Gasteiger partial charge is 0.487 e. The van der Waals surface area contributed by atoms with E-state index < -0.39 is 17.2 Å². The van der Waals surface area contributed by atoms with Gasteiger partial charge in [0.25, 0.3) is 0 Å². The molecule has 132 valence electrons. The van der Waals surface area contributed by atoms with Gasteiger partial charge in [0.2, 0.25) is 5.43 Å². The highest BCUT2D eigenvalue weighted by molar-refractivity contribution is 5.97. The maximum absolute atomic E-state index is 14.9. The molecule has 2 atom stereocenters. The second kappa shape index (κ2) is 5.45. The second-order valence-corrected chi connectivity index (χ2v) is 6.67. The molecule has 1 fully saturated rings. The van der Waals surface area contributed by atoms with Crippen LogP contribution >= 0.6 is 0 Å². The van der Waals surface area contributed by atoms with Crippen molar-refractivity contribution >= 4 is 22.6 Å². The lowest BCUT2D eigenvalue weighted by molar-refractivity contribution is 0.0694. The normalized spacial score (nSPS) is 22.3. The third-order valence-corrected chi connectivity index (χ3v) is 4.91. The van der Waals surface area contributed by atoms with E-state index >= 15 is 0 Å². The van der Waals surface area contributed by atoms with E-state index in [-0.39, 0.29) is 35.4 Å². The fraction of sp³-hybridized carbons (Fsp3) is 0.412. The van der Waals surface area contributed by atoms with Gasteiger partial charge in [-0.1, -0.05) is 0 Å². The second-order valence-electron chi connectivity index (χ2n) is 6.67. The standard InChI is InChI=1S/C17H18FN3O4/c1-8-7-25-16-13-10(15(22)11(17(23)24)6-21(8)13)4-12(18)14(16)20-3-2-9(19)5-20/h4,6,8-9H,2-3,5,7,19H2,1H3,(H,23,24)/t8-,9-/m0/s1. The Hall–Kier alpha value is -2.61. The highest BCUT2D eigenvalue weighted by Gasteiger charge is 2.32. The van der Waals surface area contributed by atoms with Crippen LogP contribution in [0, 0.1) is 5.82 Å². The molecule has 7 nitrogen and oxygen atoms in total. The topological polar surface area (TPSA) is 97.8 Å². The van der Waals surface area contributed by atoms with Crippen LogP contribution in [0.3, 0.4) is 0 Å². The monoisotopic (exact) mass is 347 g/mol. The maximum Gasteiger partial charge on any atom is 0.341 e. The first-order valence-electron chi connectivity index (χ1n) is 8.16. The molecule has 2 aliphatic heterocycles. The summed E-state index contributed by atoms with van der Waals surface area (Å²) in [6.07, 6.45) is 2.07. The van der Waals surface area contributed by atoms with Crippen molar-refractivity contribution in [3.63, 3.8) is 0 Å². The Morgan fingerprint density at radius 1 is 1.48 bits per heavy atom. The van der Waals surface area contributed by atoms with Crippen molar-refractivity contribution < 1.29 is 19.0 Å². The number of carbonyl (C=O) groups is 1. The van der Waals surface area contributed by atoms with Crippen LogP contribution in [0.5, 0.6) is 5.75 Å². The van der Waals surface area contributed by atoms with Crippen LogP contribution in [-0.2, 0) is 0 Å². The molecule has 4 rings (SSSR count). The maximum atomic E-state index is 14.9. The van der Waals surface area contributed by atoms with Gasteiger partial charge in [-0.05, 0) is 19.4 Å². The van der Waals surface area contributed by atoms with E-state index in [4.69, 9.17) is 10.5 Å². The first-order valence-corrected chi connectivity index (χ1v) is 8.16. The van der Waals surface area contributed by atoms with Crippen LogP contribution in [0.2, 0.25) is 0 Å². The van der Waals surface area contributed by atoms with E-state index in [1.165, 1.54) is 6.20 Å². The Kier molecular flexibility index (Phi) is 3.47. The number of hydrogen-bond donors (Lipinski definition) is 2. The number of rotatable bonds is 2. The summed E-state index contributed by atoms with van der Waals surface area (Å²) in [5.74, 6) is -1.64. The molecule has 0 aliphatic carbocycles. The zero-order chi connectivity index (χ0) is 17.9. The van der Waals surface area contributed by atoms with Crippen LogP contribution in [-0.4, -0.2) is 41.4 Å². The number of carboxylic acid groups (broad SMARTS) is 1. The fourth-order valence-corrected chi connectivity index (χ4v) is 3.65. The Bertz CT molecular complexity index is 955. The zero-order valence-electron chi connectivity index (χ0n) is 13.7. The van der Waals surface area contributed by atoms with Crippen molar-refractivity contribution in [1.29, 1.82) is 0 Å². The number of nitrogens with two attached hydrogens (primary N) is 1. The van der Waals surface area contributed by atoms with Crippen LogP contribution in [0.15, 0.2) is 17.1 Å². The summed E-state index contributed by atoms with van der Waals surface area (Å²) in [4.78, 5) is 25.7. The minimum Gasteiger partial charge on any atom is -0.487 e. The fourth-order valence-electron chi connectivity index (χ4n) is 3.65. The molecule has 1 saturated heterocycles. The summed E-state index contributed by atoms with van der Waals surface area (Å²) in [6, 6.07) is 0.902. The number of anilines is 1. The Labute approximate surface area is 142 Å². The van der Waals surface area contributed by atoms with Gasteiger partial charge in [0, 0.05) is 25.3 Å². The number of hydrogen-bond acceptors (Lipinski definition) is 5. The van der Waals surface area contributed by atoms with Crippen molar-refractivity contribution in [3.8, 4) is 5.75 Å².